The average molecular weight is 293 g/mol. The van der Waals surface area contributed by atoms with Gasteiger partial charge in [0.25, 0.3) is 0 Å². The fourth-order valence-corrected chi connectivity index (χ4v) is 6.22. The molecule has 0 aliphatic carbocycles. The second-order valence-electron chi connectivity index (χ2n) is 8.08. The summed E-state index contributed by atoms with van der Waals surface area (Å²) in [7, 11) is -3.46. The lowest BCUT2D eigenvalue weighted by atomic mass is 10.0. The van der Waals surface area contributed by atoms with Gasteiger partial charge in [0.05, 0.1) is 12.2 Å². The van der Waals surface area contributed by atoms with Gasteiger partial charge >= 0.3 is 8.65 Å². The quantitative estimate of drug-likeness (QED) is 0.582. The van der Waals surface area contributed by atoms with Gasteiger partial charge in [-0.1, -0.05) is 55.4 Å². The van der Waals surface area contributed by atoms with Crippen molar-refractivity contribution in [3.63, 3.8) is 0 Å². The normalized spacial score (nSPS) is 17.7. The number of aliphatic hydroxyl groups excluding tert-OH is 1. The Morgan fingerprint density at radius 1 is 1.00 bits per heavy atom. The number of halogens is 1. The van der Waals surface area contributed by atoms with Crippen LogP contribution in [-0.2, 0) is 4.43 Å². The molecule has 4 heteroatoms. The van der Waals surface area contributed by atoms with Crippen LogP contribution in [0.25, 0.3) is 0 Å². The second kappa shape index (κ2) is 6.23. The molecular formula is C15H33FO2Si. The molecule has 0 aromatic carbocycles. The van der Waals surface area contributed by atoms with Gasteiger partial charge in [0, 0.05) is 10.1 Å². The van der Waals surface area contributed by atoms with E-state index in [0.29, 0.717) is 6.42 Å². The monoisotopic (exact) mass is 292 g/mol. The minimum absolute atomic E-state index is 0.196. The van der Waals surface area contributed by atoms with E-state index in [9.17, 15) is 5.11 Å². The van der Waals surface area contributed by atoms with Gasteiger partial charge in [0.1, 0.15) is 0 Å². The van der Waals surface area contributed by atoms with Crippen LogP contribution < -0.4 is 0 Å². The van der Waals surface area contributed by atoms with E-state index in [1.54, 1.807) is 6.92 Å². The zero-order chi connectivity index (χ0) is 15.6. The van der Waals surface area contributed by atoms with Crippen molar-refractivity contribution in [1.29, 1.82) is 0 Å². The van der Waals surface area contributed by atoms with E-state index < -0.39 is 24.8 Å². The van der Waals surface area contributed by atoms with Gasteiger partial charge in [0.15, 0.2) is 0 Å². The van der Waals surface area contributed by atoms with Gasteiger partial charge in [-0.15, -0.1) is 0 Å². The molecule has 0 amide bonds. The van der Waals surface area contributed by atoms with E-state index in [0.717, 1.165) is 0 Å². The van der Waals surface area contributed by atoms with Gasteiger partial charge < -0.3 is 9.53 Å². The first-order valence-corrected chi connectivity index (χ1v) is 9.06. The second-order valence-corrected chi connectivity index (χ2v) is 12.5. The summed E-state index contributed by atoms with van der Waals surface area (Å²) < 4.78 is 21.8. The highest BCUT2D eigenvalue weighted by Gasteiger charge is 2.59. The third kappa shape index (κ3) is 4.83. The minimum Gasteiger partial charge on any atom is -0.393 e. The van der Waals surface area contributed by atoms with E-state index in [-0.39, 0.29) is 12.0 Å². The Bertz CT molecular complexity index is 263. The zero-order valence-corrected chi connectivity index (χ0v) is 15.2. The molecule has 0 radical (unpaired) electrons. The van der Waals surface area contributed by atoms with Crippen LogP contribution in [0.2, 0.25) is 10.1 Å². The van der Waals surface area contributed by atoms with Gasteiger partial charge in [-0.3, -0.25) is 4.11 Å². The summed E-state index contributed by atoms with van der Waals surface area (Å²) in [5.41, 5.74) is 0. The Kier molecular flexibility index (Phi) is 6.25. The molecule has 0 aromatic heterocycles. The first-order chi connectivity index (χ1) is 8.22. The Hall–Kier alpha value is 0.0669. The van der Waals surface area contributed by atoms with E-state index >= 15 is 4.11 Å². The van der Waals surface area contributed by atoms with Gasteiger partial charge in [0.2, 0.25) is 0 Å². The average Bonchev–Trinajstić information content (AvgIpc) is 2.11. The van der Waals surface area contributed by atoms with Crippen LogP contribution in [0.3, 0.4) is 0 Å². The summed E-state index contributed by atoms with van der Waals surface area (Å²) in [6, 6.07) is 0. The Morgan fingerprint density at radius 3 is 1.58 bits per heavy atom. The maximum atomic E-state index is 15.7. The van der Waals surface area contributed by atoms with Crippen LogP contribution >= 0.6 is 0 Å². The molecule has 0 saturated carbocycles. The highest BCUT2D eigenvalue weighted by molar-refractivity contribution is 6.72. The van der Waals surface area contributed by atoms with Crippen LogP contribution in [0.15, 0.2) is 0 Å². The fourth-order valence-electron chi connectivity index (χ4n) is 2.48. The molecule has 0 spiro atoms. The maximum Gasteiger partial charge on any atom is 0.394 e. The van der Waals surface area contributed by atoms with E-state index in [2.05, 4.69) is 0 Å². The topological polar surface area (TPSA) is 29.5 Å². The van der Waals surface area contributed by atoms with Gasteiger partial charge in [-0.2, -0.15) is 0 Å². The van der Waals surface area contributed by atoms with Crippen molar-refractivity contribution in [1.82, 2.24) is 0 Å². The smallest absolute Gasteiger partial charge is 0.393 e. The molecule has 19 heavy (non-hydrogen) atoms. The molecule has 1 N–H and O–H groups in total. The van der Waals surface area contributed by atoms with Crippen molar-refractivity contribution in [2.24, 2.45) is 5.92 Å². The SMILES string of the molecule is CC(C)[C@H](C[C@@H](C)O)O[Si](F)(C(C)(C)C)C(C)(C)C. The first-order valence-electron chi connectivity index (χ1n) is 7.27. The van der Waals surface area contributed by atoms with Crippen LogP contribution in [0, 0.1) is 5.92 Å². The molecule has 0 rings (SSSR count). The largest absolute Gasteiger partial charge is 0.394 e. The molecule has 116 valence electrons. The zero-order valence-electron chi connectivity index (χ0n) is 14.2. The van der Waals surface area contributed by atoms with Gasteiger partial charge in [-0.05, 0) is 19.3 Å². The predicted octanol–water partition coefficient (Wildman–Crippen LogP) is 4.81. The molecule has 0 heterocycles. The summed E-state index contributed by atoms with van der Waals surface area (Å²) in [5.74, 6) is 0.196. The molecule has 0 aliphatic heterocycles. The lowest BCUT2D eigenvalue weighted by Crippen LogP contribution is -2.54. The lowest BCUT2D eigenvalue weighted by molar-refractivity contribution is 0.0492. The molecule has 0 saturated heterocycles. The third-order valence-corrected chi connectivity index (χ3v) is 8.05. The van der Waals surface area contributed by atoms with Crippen molar-refractivity contribution in [3.8, 4) is 0 Å². The molecule has 0 fully saturated rings. The first kappa shape index (κ1) is 19.1. The highest BCUT2D eigenvalue weighted by Crippen LogP contribution is 2.53. The van der Waals surface area contributed by atoms with Crippen LogP contribution in [-0.4, -0.2) is 26.0 Å². The van der Waals surface area contributed by atoms with E-state index in [1.807, 2.05) is 55.4 Å². The molecule has 2 nitrogen and oxygen atoms in total. The standard InChI is InChI=1S/C15H33FO2Si/c1-11(2)13(10-12(3)17)18-19(16,14(4,5)6)15(7,8)9/h11-13,17H,10H2,1-9H3/t12-,13+/m1/s1. The lowest BCUT2D eigenvalue weighted by Gasteiger charge is -2.46. The maximum absolute atomic E-state index is 15.7. The van der Waals surface area contributed by atoms with Crippen LogP contribution in [0.1, 0.15) is 68.7 Å². The summed E-state index contributed by atoms with van der Waals surface area (Å²) >= 11 is 0. The number of rotatable bonds is 5. The molecule has 0 aliphatic rings. The fraction of sp³-hybridized carbons (Fsp3) is 1.00. The summed E-state index contributed by atoms with van der Waals surface area (Å²) in [4.78, 5) is 0. The Balaban J connectivity index is 5.32. The Morgan fingerprint density at radius 2 is 1.37 bits per heavy atom. The van der Waals surface area contributed by atoms with E-state index in [1.165, 1.54) is 0 Å². The van der Waals surface area contributed by atoms with E-state index in [4.69, 9.17) is 4.43 Å². The third-order valence-electron chi connectivity index (χ3n) is 3.56. The van der Waals surface area contributed by atoms with Crippen LogP contribution in [0.4, 0.5) is 4.11 Å². The highest BCUT2D eigenvalue weighted by atomic mass is 28.4. The number of aliphatic hydroxyl groups is 1. The molecule has 0 bridgehead atoms. The summed E-state index contributed by atoms with van der Waals surface area (Å²) in [6.45, 7) is 17.3. The van der Waals surface area contributed by atoms with Crippen molar-refractivity contribution >= 4 is 8.65 Å². The summed E-state index contributed by atoms with van der Waals surface area (Å²) in [5, 5.41) is 8.61. The summed E-state index contributed by atoms with van der Waals surface area (Å²) in [6.07, 6.45) is -0.205. The van der Waals surface area contributed by atoms with Crippen LogP contribution in [0.5, 0.6) is 0 Å². The predicted molar refractivity (Wildman–Crippen MR) is 82.3 cm³/mol. The number of hydrogen-bond acceptors (Lipinski definition) is 2. The van der Waals surface area contributed by atoms with Crippen molar-refractivity contribution < 1.29 is 13.6 Å². The van der Waals surface area contributed by atoms with Crippen molar-refractivity contribution in [2.75, 3.05) is 0 Å². The molecular weight excluding hydrogens is 259 g/mol. The number of hydrogen-bond donors (Lipinski definition) is 1. The molecule has 2 atom stereocenters. The van der Waals surface area contributed by atoms with Gasteiger partial charge in [-0.25, -0.2) is 0 Å². The minimum atomic E-state index is -3.46. The Labute approximate surface area is 120 Å². The molecule has 0 aromatic rings. The van der Waals surface area contributed by atoms with Crippen molar-refractivity contribution in [3.05, 3.63) is 0 Å². The van der Waals surface area contributed by atoms with Crippen molar-refractivity contribution in [2.45, 2.75) is 91.0 Å². The molecule has 0 unspecified atom stereocenters.